The molecule has 0 saturated heterocycles. The number of para-hydroxylation sites is 2. The van der Waals surface area contributed by atoms with Gasteiger partial charge in [0.2, 0.25) is 0 Å². The van der Waals surface area contributed by atoms with Gasteiger partial charge in [0.15, 0.2) is 0 Å². The Morgan fingerprint density at radius 2 is 1.35 bits per heavy atom. The molecule has 2 heterocycles. The van der Waals surface area contributed by atoms with E-state index < -0.39 is 0 Å². The molecule has 5 heteroatoms. The number of aromatic nitrogens is 3. The molecule has 4 nitrogen and oxygen atoms in total. The van der Waals surface area contributed by atoms with Crippen LogP contribution in [0.1, 0.15) is 78.0 Å². The van der Waals surface area contributed by atoms with Gasteiger partial charge in [0, 0.05) is 44.2 Å². The third-order valence-electron chi connectivity index (χ3n) is 9.72. The minimum atomic E-state index is -0.274. The van der Waals surface area contributed by atoms with Crippen LogP contribution in [0.4, 0.5) is 0 Å². The van der Waals surface area contributed by atoms with Crippen LogP contribution in [-0.4, -0.2) is 19.6 Å². The first-order valence-electron chi connectivity index (χ1n) is 17.8. The number of imidazole rings is 1. The maximum Gasteiger partial charge on any atom is 0.148 e. The average molecular weight is 864 g/mol. The fourth-order valence-corrected chi connectivity index (χ4v) is 6.74. The van der Waals surface area contributed by atoms with Gasteiger partial charge in [-0.15, -0.1) is 29.3 Å². The second-order valence-electron chi connectivity index (χ2n) is 15.9. The van der Waals surface area contributed by atoms with E-state index in [1.165, 1.54) is 5.56 Å². The van der Waals surface area contributed by atoms with Crippen LogP contribution in [0.25, 0.3) is 61.6 Å². The van der Waals surface area contributed by atoms with Crippen molar-refractivity contribution in [3.8, 4) is 56.3 Å². The van der Waals surface area contributed by atoms with Gasteiger partial charge in [-0.2, -0.15) is 0 Å². The molecule has 0 aliphatic heterocycles. The van der Waals surface area contributed by atoms with Gasteiger partial charge < -0.3 is 5.11 Å². The van der Waals surface area contributed by atoms with Gasteiger partial charge in [0.25, 0.3) is 0 Å². The van der Waals surface area contributed by atoms with Crippen LogP contribution in [0.15, 0.2) is 121 Å². The third kappa shape index (κ3) is 7.14. The van der Waals surface area contributed by atoms with Crippen molar-refractivity contribution in [2.24, 2.45) is 0 Å². The number of hydrogen-bond acceptors (Lipinski definition) is 3. The molecule has 2 aromatic heterocycles. The third-order valence-corrected chi connectivity index (χ3v) is 9.72. The van der Waals surface area contributed by atoms with Crippen molar-refractivity contribution in [3.05, 3.63) is 144 Å². The van der Waals surface area contributed by atoms with Gasteiger partial charge in [-0.1, -0.05) is 139 Å². The Morgan fingerprint density at radius 1 is 0.673 bits per heavy atom. The number of phenolic OH excluding ortho intramolecular Hbond substituents is 1. The van der Waals surface area contributed by atoms with Crippen molar-refractivity contribution in [3.63, 3.8) is 0 Å². The van der Waals surface area contributed by atoms with Crippen LogP contribution in [0.3, 0.4) is 0 Å². The smallest absolute Gasteiger partial charge is 0.148 e. The summed E-state index contributed by atoms with van der Waals surface area (Å²) in [5.41, 5.74) is 12.4. The molecule has 0 saturated carbocycles. The minimum absolute atomic E-state index is 0. The second-order valence-corrected chi connectivity index (χ2v) is 15.9. The van der Waals surface area contributed by atoms with E-state index in [9.17, 15) is 5.11 Å². The van der Waals surface area contributed by atoms with Gasteiger partial charge in [-0.25, -0.2) is 4.98 Å². The number of rotatable bonds is 6. The first-order chi connectivity index (χ1) is 24.3. The molecule has 0 radical (unpaired) electrons. The molecule has 0 fully saturated rings. The number of aromatic hydroxyl groups is 1. The molecule has 0 aliphatic rings. The van der Waals surface area contributed by atoms with E-state index in [0.717, 1.165) is 66.9 Å². The standard InChI is InChI=1S/C47H46N3O.Pt/c1-30(2)33-24-34(26-35(25-33)41-27-32(22-23-48-41)31-16-11-9-12-17-31)38-20-15-21-42-43(38)49-45(50(42)37-18-13-10-14-19-37)39-28-36(46(3,4)5)29-40(44(39)51)47(6,7)8;/h9-25,27-30,51H,1-8H3;/q-1;. The van der Waals surface area contributed by atoms with Crippen LogP contribution in [0.2, 0.25) is 0 Å². The Balaban J connectivity index is 0.00000464. The summed E-state index contributed by atoms with van der Waals surface area (Å²) in [5.74, 6) is 1.26. The molecule has 5 aromatic carbocycles. The monoisotopic (exact) mass is 863 g/mol. The zero-order valence-corrected chi connectivity index (χ0v) is 33.5. The molecule has 0 bridgehead atoms. The van der Waals surface area contributed by atoms with E-state index in [2.05, 4.69) is 157 Å². The molecule has 0 aliphatic carbocycles. The molecular formula is C47H46N3OPt-. The Hall–Kier alpha value is -4.79. The van der Waals surface area contributed by atoms with Crippen molar-refractivity contribution in [2.45, 2.75) is 72.1 Å². The van der Waals surface area contributed by atoms with Crippen LogP contribution in [0.5, 0.6) is 5.75 Å². The number of hydrogen-bond donors (Lipinski definition) is 1. The number of benzene rings is 5. The second kappa shape index (κ2) is 14.3. The number of phenols is 1. The first-order valence-corrected chi connectivity index (χ1v) is 17.8. The predicted molar refractivity (Wildman–Crippen MR) is 213 cm³/mol. The molecule has 52 heavy (non-hydrogen) atoms. The van der Waals surface area contributed by atoms with Gasteiger partial charge >= 0.3 is 0 Å². The average Bonchev–Trinajstić information content (AvgIpc) is 3.51. The van der Waals surface area contributed by atoms with E-state index >= 15 is 0 Å². The fourth-order valence-electron chi connectivity index (χ4n) is 6.74. The van der Waals surface area contributed by atoms with E-state index in [0.29, 0.717) is 11.7 Å². The molecule has 1 N–H and O–H groups in total. The van der Waals surface area contributed by atoms with E-state index in [4.69, 9.17) is 9.97 Å². The van der Waals surface area contributed by atoms with Crippen LogP contribution >= 0.6 is 0 Å². The molecule has 0 atom stereocenters. The summed E-state index contributed by atoms with van der Waals surface area (Å²) in [4.78, 5) is 10.3. The normalized spacial score (nSPS) is 11.9. The van der Waals surface area contributed by atoms with Gasteiger partial charge in [0.1, 0.15) is 11.6 Å². The Morgan fingerprint density at radius 3 is 2.00 bits per heavy atom. The summed E-state index contributed by atoms with van der Waals surface area (Å²) in [7, 11) is 0. The maximum absolute atomic E-state index is 12.0. The van der Waals surface area contributed by atoms with E-state index in [1.54, 1.807) is 0 Å². The van der Waals surface area contributed by atoms with Gasteiger partial charge in [0.05, 0.1) is 16.6 Å². The summed E-state index contributed by atoms with van der Waals surface area (Å²) in [6.07, 6.45) is 1.88. The molecule has 0 spiro atoms. The SMILES string of the molecule is CC(C)c1cc(-c2cc(-c3ccccc3)ccn2)[c-]c(-c2cccc3c2nc(-c2cc(C(C)(C)C)cc(C(C)(C)C)c2O)n3-c2ccccc2)c1.[Pt]. The summed E-state index contributed by atoms with van der Waals surface area (Å²) >= 11 is 0. The molecule has 0 unspecified atom stereocenters. The molecular weight excluding hydrogens is 818 g/mol. The Kier molecular flexibility index (Phi) is 10.2. The fraction of sp³-hybridized carbons (Fsp3) is 0.234. The first kappa shape index (κ1) is 37.0. The van der Waals surface area contributed by atoms with Crippen molar-refractivity contribution < 1.29 is 26.2 Å². The summed E-state index contributed by atoms with van der Waals surface area (Å²) in [5, 5.41) is 12.0. The van der Waals surface area contributed by atoms with Crippen molar-refractivity contribution in [2.75, 3.05) is 0 Å². The van der Waals surface area contributed by atoms with Gasteiger partial charge in [-0.05, 0) is 63.8 Å². The summed E-state index contributed by atoms with van der Waals surface area (Å²) in [6, 6.07) is 43.8. The topological polar surface area (TPSA) is 50.9 Å². The molecule has 0 amide bonds. The molecule has 7 rings (SSSR count). The minimum Gasteiger partial charge on any atom is -0.507 e. The van der Waals surface area contributed by atoms with Crippen LogP contribution < -0.4 is 0 Å². The van der Waals surface area contributed by atoms with E-state index in [-0.39, 0.29) is 37.6 Å². The van der Waals surface area contributed by atoms with Crippen molar-refractivity contribution >= 4 is 11.0 Å². The van der Waals surface area contributed by atoms with Crippen molar-refractivity contribution in [1.29, 1.82) is 0 Å². The summed E-state index contributed by atoms with van der Waals surface area (Å²) in [6.45, 7) is 17.5. The zero-order valence-electron chi connectivity index (χ0n) is 31.2. The number of nitrogens with zero attached hydrogens (tertiary/aromatic N) is 3. The number of fused-ring (bicyclic) bond motifs is 1. The van der Waals surface area contributed by atoms with Crippen LogP contribution in [-0.2, 0) is 31.9 Å². The van der Waals surface area contributed by atoms with Crippen molar-refractivity contribution in [1.82, 2.24) is 14.5 Å². The van der Waals surface area contributed by atoms with Gasteiger partial charge in [-0.3, -0.25) is 9.55 Å². The maximum atomic E-state index is 12.0. The molecule has 7 aromatic rings. The number of pyridine rings is 1. The Bertz CT molecular complexity index is 2360. The quantitative estimate of drug-likeness (QED) is 0.169. The zero-order chi connectivity index (χ0) is 36.1. The largest absolute Gasteiger partial charge is 0.507 e. The predicted octanol–water partition coefficient (Wildman–Crippen LogP) is 12.3. The van der Waals surface area contributed by atoms with E-state index in [1.807, 2.05) is 30.5 Å². The summed E-state index contributed by atoms with van der Waals surface area (Å²) < 4.78 is 2.19. The van der Waals surface area contributed by atoms with Crippen LogP contribution in [0, 0.1) is 6.07 Å². The molecule has 266 valence electrons. The Labute approximate surface area is 322 Å².